The van der Waals surface area contributed by atoms with Gasteiger partial charge in [0.1, 0.15) is 23.6 Å². The largest absolute Gasteiger partial charge is 0.491 e. The molecule has 5 amide bonds. The van der Waals surface area contributed by atoms with Crippen LogP contribution < -0.4 is 21.7 Å². The van der Waals surface area contributed by atoms with Crippen molar-refractivity contribution >= 4 is 46.3 Å². The number of carbonyl (C=O) groups excluding carboxylic acids is 6. The van der Waals surface area contributed by atoms with Gasteiger partial charge in [0.05, 0.1) is 11.6 Å². The van der Waals surface area contributed by atoms with E-state index in [0.717, 1.165) is 40.8 Å². The molecule has 4 atom stereocenters. The molecule has 0 saturated carbocycles. The molecule has 62 heavy (non-hydrogen) atoms. The average Bonchev–Trinajstić information content (AvgIpc) is 3.74. The summed E-state index contributed by atoms with van der Waals surface area (Å²) < 4.78 is 87.4. The van der Waals surface area contributed by atoms with Gasteiger partial charge in [-0.2, -0.15) is 13.2 Å². The minimum atomic E-state index is -5.59. The Bertz CT molecular complexity index is 2180. The number of aliphatic hydroxyl groups is 1. The Morgan fingerprint density at radius 1 is 0.919 bits per heavy atom. The van der Waals surface area contributed by atoms with Crippen LogP contribution in [0.25, 0.3) is 11.3 Å². The van der Waals surface area contributed by atoms with Gasteiger partial charge in [0, 0.05) is 91.8 Å². The molecule has 0 radical (unpaired) electrons. The molecule has 16 nitrogen and oxygen atoms in total. The van der Waals surface area contributed by atoms with Crippen LogP contribution in [0, 0.1) is 17.0 Å². The number of aliphatic hydroxyl groups excluding tert-OH is 1. The summed E-state index contributed by atoms with van der Waals surface area (Å²) in [6, 6.07) is 11.7. The van der Waals surface area contributed by atoms with Crippen molar-refractivity contribution in [2.45, 2.75) is 64.1 Å². The van der Waals surface area contributed by atoms with Gasteiger partial charge in [-0.15, -0.1) is 0 Å². The summed E-state index contributed by atoms with van der Waals surface area (Å²) in [5.74, 6) is -10.1. The maximum atomic E-state index is 14.9. The lowest BCUT2D eigenvalue weighted by Gasteiger charge is -2.34. The first kappa shape index (κ1) is 48.8. The van der Waals surface area contributed by atoms with E-state index in [0.29, 0.717) is 0 Å². The smallest absolute Gasteiger partial charge is 0.428 e. The Morgan fingerprint density at radius 3 is 2.21 bits per heavy atom. The molecule has 1 unspecified atom stereocenters. The number of rotatable bonds is 20. The van der Waals surface area contributed by atoms with Gasteiger partial charge in [-0.3, -0.25) is 38.8 Å². The van der Waals surface area contributed by atoms with E-state index in [1.165, 1.54) is 6.20 Å². The van der Waals surface area contributed by atoms with Crippen LogP contribution in [0.4, 0.5) is 22.0 Å². The average molecular weight is 896 g/mol. The van der Waals surface area contributed by atoms with Crippen molar-refractivity contribution in [2.75, 3.05) is 37.7 Å². The molecular formula is C40H46F5N7O9S. The van der Waals surface area contributed by atoms with Crippen LogP contribution in [0.15, 0.2) is 66.9 Å². The molecule has 2 aromatic carbocycles. The van der Waals surface area contributed by atoms with Crippen molar-refractivity contribution < 1.29 is 64.8 Å². The van der Waals surface area contributed by atoms with E-state index in [1.54, 1.807) is 55.7 Å². The third-order valence-corrected chi connectivity index (χ3v) is 10.7. The molecule has 0 spiro atoms. The summed E-state index contributed by atoms with van der Waals surface area (Å²) in [7, 11) is -1.76. The summed E-state index contributed by atoms with van der Waals surface area (Å²) in [6.45, 7) is 3.82. The Hall–Kier alpha value is -5.87. The molecule has 6 N–H and O–H groups in total. The molecule has 4 rings (SSSR count). The van der Waals surface area contributed by atoms with Crippen LogP contribution in [0.3, 0.4) is 0 Å². The van der Waals surface area contributed by atoms with Gasteiger partial charge in [0.2, 0.25) is 17.5 Å². The number of hydrogen-bond donors (Lipinski definition) is 5. The van der Waals surface area contributed by atoms with E-state index in [4.69, 9.17) is 5.73 Å². The number of imide groups is 1. The van der Waals surface area contributed by atoms with Gasteiger partial charge >= 0.3 is 12.1 Å². The predicted octanol–water partition coefficient (Wildman–Crippen LogP) is 1.93. The van der Waals surface area contributed by atoms with Crippen LogP contribution in [0.5, 0.6) is 0 Å². The molecule has 3 aromatic rings. The normalized spacial score (nSPS) is 15.4. The third-order valence-electron chi connectivity index (χ3n) is 9.42. The highest BCUT2D eigenvalue weighted by atomic mass is 32.2. The van der Waals surface area contributed by atoms with Gasteiger partial charge < -0.3 is 30.4 Å². The monoisotopic (exact) mass is 895 g/mol. The Morgan fingerprint density at radius 2 is 1.58 bits per heavy atom. The zero-order valence-electron chi connectivity index (χ0n) is 33.8. The molecule has 0 fully saturated rings. The first-order valence-corrected chi connectivity index (χ1v) is 20.5. The van der Waals surface area contributed by atoms with E-state index in [2.05, 4.69) is 25.7 Å². The highest BCUT2D eigenvalue weighted by Gasteiger charge is 2.48. The summed E-state index contributed by atoms with van der Waals surface area (Å²) in [4.78, 5) is 79.3. The van der Waals surface area contributed by atoms with Crippen molar-refractivity contribution in [1.82, 2.24) is 30.4 Å². The third kappa shape index (κ3) is 13.3. The van der Waals surface area contributed by atoms with Crippen LogP contribution in [-0.4, -0.2) is 115 Å². The Balaban J connectivity index is 1.41. The first-order valence-electron chi connectivity index (χ1n) is 19.0. The molecule has 22 heteroatoms. The summed E-state index contributed by atoms with van der Waals surface area (Å²) in [5.41, 5.74) is 2.46. The SMILES string of the molecule is CC(C)(C)[C@H](c1nc(-c2cc(F)ccc2F)cn1Cc1ccccc1)[C@H](O)C(=O)NCC[C@](N)(OC(=O)C(F)(F)F)C(=O)NCCS(=O)CCC(=O)NCCN1C(=O)C=CC1=O. The minimum Gasteiger partial charge on any atom is -0.428 e. The maximum Gasteiger partial charge on any atom is 0.491 e. The molecule has 1 aliphatic rings. The minimum absolute atomic E-state index is 0.00440. The fourth-order valence-electron chi connectivity index (χ4n) is 6.26. The van der Waals surface area contributed by atoms with Gasteiger partial charge in [-0.25, -0.2) is 18.6 Å². The number of imidazole rings is 1. The fourth-order valence-corrected chi connectivity index (χ4v) is 7.20. The second-order valence-corrected chi connectivity index (χ2v) is 16.9. The van der Waals surface area contributed by atoms with E-state index >= 15 is 0 Å². The highest BCUT2D eigenvalue weighted by molar-refractivity contribution is 7.85. The number of nitrogens with zero attached hydrogens (tertiary/aromatic N) is 3. The molecule has 1 aliphatic heterocycles. The number of amides is 5. The molecule has 0 saturated heterocycles. The lowest BCUT2D eigenvalue weighted by Crippen LogP contribution is -2.60. The number of benzene rings is 2. The number of hydrogen-bond acceptors (Lipinski definition) is 11. The lowest BCUT2D eigenvalue weighted by atomic mass is 9.76. The molecule has 0 bridgehead atoms. The van der Waals surface area contributed by atoms with Crippen molar-refractivity contribution in [3.63, 3.8) is 0 Å². The zero-order chi connectivity index (χ0) is 46.0. The molecule has 0 aliphatic carbocycles. The number of nitrogens with two attached hydrogens (primary N) is 1. The fraction of sp³-hybridized carbons (Fsp3) is 0.425. The van der Waals surface area contributed by atoms with Crippen molar-refractivity contribution in [3.8, 4) is 11.3 Å². The Labute approximate surface area is 354 Å². The molecule has 2 heterocycles. The number of carbonyl (C=O) groups is 6. The molecule has 336 valence electrons. The van der Waals surface area contributed by atoms with Crippen LogP contribution in [0.1, 0.15) is 50.9 Å². The maximum absolute atomic E-state index is 14.9. The number of halogens is 5. The van der Waals surface area contributed by atoms with Crippen LogP contribution >= 0.6 is 0 Å². The number of nitrogens with one attached hydrogen (secondary N) is 3. The number of esters is 1. The van der Waals surface area contributed by atoms with Crippen molar-refractivity contribution in [3.05, 3.63) is 89.9 Å². The van der Waals surface area contributed by atoms with Gasteiger partial charge in [-0.05, 0) is 29.2 Å². The second-order valence-electron chi connectivity index (χ2n) is 15.2. The van der Waals surface area contributed by atoms with E-state index < -0.39 is 107 Å². The Kier molecular flexibility index (Phi) is 16.4. The van der Waals surface area contributed by atoms with Crippen molar-refractivity contribution in [2.24, 2.45) is 11.1 Å². The highest BCUT2D eigenvalue weighted by Crippen LogP contribution is 2.39. The quantitative estimate of drug-likeness (QED) is 0.0476. The van der Waals surface area contributed by atoms with E-state index in [1.807, 2.05) is 0 Å². The number of alkyl halides is 3. The standard InChI is InChI=1S/C40H46F5N7O9S/c1-38(2,3)32(34-50-28(26-21-25(41)9-10-27(26)42)23-51(34)22-24-7-5-4-6-8-24)33(56)35(57)48-15-14-39(46,61-37(59)40(43,44)45)36(58)49-17-20-62(60)19-13-29(53)47-16-18-52-30(54)11-12-31(52)55/h4-12,21,23,32-33,56H,13-20,22,46H2,1-3H3,(H,47,53)(H,48,57)(H,49,58)/t32-,33-,39-,62?/m0/s1. The summed E-state index contributed by atoms with van der Waals surface area (Å²) >= 11 is 0. The number of aromatic nitrogens is 2. The van der Waals surface area contributed by atoms with E-state index in [-0.39, 0.29) is 54.6 Å². The van der Waals surface area contributed by atoms with Crippen LogP contribution in [0.2, 0.25) is 0 Å². The van der Waals surface area contributed by atoms with Crippen LogP contribution in [-0.2, 0) is 50.8 Å². The second kappa shape index (κ2) is 20.8. The summed E-state index contributed by atoms with van der Waals surface area (Å²) in [6.07, 6.45) is -5.12. The molecule has 1 aromatic heterocycles. The van der Waals surface area contributed by atoms with Crippen molar-refractivity contribution in [1.29, 1.82) is 0 Å². The van der Waals surface area contributed by atoms with Gasteiger partial charge in [0.25, 0.3) is 17.7 Å². The molecular weight excluding hydrogens is 850 g/mol. The van der Waals surface area contributed by atoms with Gasteiger partial charge in [-0.1, -0.05) is 51.1 Å². The lowest BCUT2D eigenvalue weighted by molar-refractivity contribution is -0.214. The van der Waals surface area contributed by atoms with Gasteiger partial charge in [0.15, 0.2) is 0 Å². The number of ether oxygens (including phenoxy) is 1. The topological polar surface area (TPSA) is 232 Å². The predicted molar refractivity (Wildman–Crippen MR) is 212 cm³/mol. The first-order chi connectivity index (χ1) is 29.0. The van der Waals surface area contributed by atoms with E-state index in [9.17, 15) is 60.0 Å². The zero-order valence-corrected chi connectivity index (χ0v) is 34.6. The summed E-state index contributed by atoms with van der Waals surface area (Å²) in [5, 5.41) is 18.4.